The zero-order chi connectivity index (χ0) is 13.0. The van der Waals surface area contributed by atoms with E-state index in [4.69, 9.17) is 0 Å². The highest BCUT2D eigenvalue weighted by molar-refractivity contribution is 5.78. The number of carbonyl (C=O) groups excluding carboxylic acids is 1. The maximum atomic E-state index is 12.5. The number of hydrogen-bond acceptors (Lipinski definition) is 2. The predicted octanol–water partition coefficient (Wildman–Crippen LogP) is 2.02. The van der Waals surface area contributed by atoms with Crippen LogP contribution in [-0.2, 0) is 4.79 Å². The van der Waals surface area contributed by atoms with Crippen molar-refractivity contribution in [1.29, 1.82) is 0 Å². The normalized spacial score (nSPS) is 26.1. The lowest BCUT2D eigenvalue weighted by atomic mass is 9.89. The van der Waals surface area contributed by atoms with Crippen LogP contribution in [0.15, 0.2) is 0 Å². The maximum absolute atomic E-state index is 12.5. The van der Waals surface area contributed by atoms with Gasteiger partial charge in [-0.2, -0.15) is 0 Å². The Morgan fingerprint density at radius 1 is 1.22 bits per heavy atom. The van der Waals surface area contributed by atoms with Crippen LogP contribution in [0.25, 0.3) is 0 Å². The molecule has 1 amide bonds. The van der Waals surface area contributed by atoms with Crippen LogP contribution in [-0.4, -0.2) is 42.9 Å². The van der Waals surface area contributed by atoms with E-state index in [2.05, 4.69) is 5.32 Å². The fraction of sp³-hybridized carbons (Fsp3) is 0.923. The average molecular weight is 260 g/mol. The number of carbonyl (C=O) groups is 1. The largest absolute Gasteiger partial charge is 0.355 e. The highest BCUT2D eigenvalue weighted by Gasteiger charge is 2.36. The molecular formula is C13H22F2N2O. The zero-order valence-electron chi connectivity index (χ0n) is 10.7. The third-order valence-electron chi connectivity index (χ3n) is 4.13. The van der Waals surface area contributed by atoms with Crippen LogP contribution in [0.2, 0.25) is 0 Å². The first-order chi connectivity index (χ1) is 8.66. The summed E-state index contributed by atoms with van der Waals surface area (Å²) in [6.45, 7) is 1.46. The minimum Gasteiger partial charge on any atom is -0.355 e. The summed E-state index contributed by atoms with van der Waals surface area (Å²) >= 11 is 0. The molecule has 2 rings (SSSR count). The van der Waals surface area contributed by atoms with E-state index < -0.39 is 12.5 Å². The third-order valence-corrected chi connectivity index (χ3v) is 4.13. The van der Waals surface area contributed by atoms with Gasteiger partial charge in [-0.25, -0.2) is 8.78 Å². The highest BCUT2D eigenvalue weighted by Crippen LogP contribution is 2.24. The van der Waals surface area contributed by atoms with Crippen molar-refractivity contribution in [2.24, 2.45) is 5.92 Å². The molecule has 0 aromatic carbocycles. The van der Waals surface area contributed by atoms with Gasteiger partial charge in [0.15, 0.2) is 0 Å². The molecule has 5 heteroatoms. The second-order valence-electron chi connectivity index (χ2n) is 5.47. The van der Waals surface area contributed by atoms with E-state index in [1.807, 2.05) is 0 Å². The van der Waals surface area contributed by atoms with E-state index in [9.17, 15) is 13.6 Å². The van der Waals surface area contributed by atoms with Gasteiger partial charge in [-0.1, -0.05) is 19.3 Å². The molecule has 0 aromatic heterocycles. The fourth-order valence-corrected chi connectivity index (χ4v) is 2.83. The van der Waals surface area contributed by atoms with Crippen molar-refractivity contribution < 1.29 is 13.6 Å². The summed E-state index contributed by atoms with van der Waals surface area (Å²) in [5.41, 5.74) is 0. The number of rotatable bonds is 5. The van der Waals surface area contributed by atoms with Crippen molar-refractivity contribution in [2.45, 2.75) is 51.0 Å². The summed E-state index contributed by atoms with van der Waals surface area (Å²) in [6.07, 6.45) is 4.35. The van der Waals surface area contributed by atoms with Gasteiger partial charge in [0.25, 0.3) is 6.43 Å². The Morgan fingerprint density at radius 2 is 1.94 bits per heavy atom. The molecule has 104 valence electrons. The third kappa shape index (κ3) is 3.64. The van der Waals surface area contributed by atoms with E-state index >= 15 is 0 Å². The quantitative estimate of drug-likeness (QED) is 0.820. The zero-order valence-corrected chi connectivity index (χ0v) is 10.7. The summed E-state index contributed by atoms with van der Waals surface area (Å²) in [5.74, 6) is 0.482. The Hall–Kier alpha value is -0.710. The van der Waals surface area contributed by atoms with Crippen molar-refractivity contribution in [2.75, 3.05) is 19.6 Å². The number of amides is 1. The van der Waals surface area contributed by atoms with Crippen LogP contribution < -0.4 is 5.32 Å². The Kier molecular flexibility index (Phi) is 4.92. The Bertz CT molecular complexity index is 280. The van der Waals surface area contributed by atoms with Crippen molar-refractivity contribution in [1.82, 2.24) is 10.2 Å². The van der Waals surface area contributed by atoms with E-state index in [1.165, 1.54) is 32.1 Å². The van der Waals surface area contributed by atoms with Gasteiger partial charge in [0.1, 0.15) is 0 Å². The Labute approximate surface area is 107 Å². The van der Waals surface area contributed by atoms with Crippen LogP contribution in [0.1, 0.15) is 38.5 Å². The first-order valence-corrected chi connectivity index (χ1v) is 6.95. The molecule has 1 saturated carbocycles. The fourth-order valence-electron chi connectivity index (χ4n) is 2.83. The minimum atomic E-state index is -2.33. The monoisotopic (exact) mass is 260 g/mol. The average Bonchev–Trinajstić information content (AvgIpc) is 2.32. The molecule has 2 fully saturated rings. The number of nitrogens with one attached hydrogen (secondary N) is 1. The smallest absolute Gasteiger partial charge is 0.253 e. The van der Waals surface area contributed by atoms with Gasteiger partial charge < -0.3 is 5.32 Å². The van der Waals surface area contributed by atoms with E-state index in [0.717, 1.165) is 0 Å². The van der Waals surface area contributed by atoms with Gasteiger partial charge >= 0.3 is 0 Å². The summed E-state index contributed by atoms with van der Waals surface area (Å²) in [5, 5.41) is 2.89. The molecule has 1 saturated heterocycles. The van der Waals surface area contributed by atoms with Crippen LogP contribution in [0.3, 0.4) is 0 Å². The summed E-state index contributed by atoms with van der Waals surface area (Å²) in [7, 11) is 0. The number of nitrogens with zero attached hydrogens (tertiary/aromatic N) is 1. The number of alkyl halides is 2. The van der Waals surface area contributed by atoms with Crippen molar-refractivity contribution in [3.8, 4) is 0 Å². The number of likely N-dealkylation sites (tertiary alicyclic amines) is 1. The SMILES string of the molecule is O=C(CN1CCC1C(F)F)NCC1CCCCC1. The predicted molar refractivity (Wildman–Crippen MR) is 65.6 cm³/mol. The number of hydrogen-bond donors (Lipinski definition) is 1. The van der Waals surface area contributed by atoms with Gasteiger partial charge in [0, 0.05) is 13.1 Å². The molecule has 1 heterocycles. The van der Waals surface area contributed by atoms with Gasteiger partial charge in [-0.05, 0) is 25.2 Å². The molecule has 0 aromatic rings. The lowest BCUT2D eigenvalue weighted by Crippen LogP contribution is -2.55. The molecule has 1 aliphatic heterocycles. The molecule has 1 unspecified atom stereocenters. The van der Waals surface area contributed by atoms with E-state index in [1.54, 1.807) is 4.90 Å². The molecule has 0 bridgehead atoms. The highest BCUT2D eigenvalue weighted by atomic mass is 19.3. The van der Waals surface area contributed by atoms with Crippen molar-refractivity contribution >= 4 is 5.91 Å². The summed E-state index contributed by atoms with van der Waals surface area (Å²) in [6, 6.07) is -0.703. The maximum Gasteiger partial charge on any atom is 0.253 e. The first-order valence-electron chi connectivity index (χ1n) is 6.95. The Balaban J connectivity index is 1.63. The van der Waals surface area contributed by atoms with E-state index in [-0.39, 0.29) is 12.5 Å². The van der Waals surface area contributed by atoms with Gasteiger partial charge in [0.2, 0.25) is 5.91 Å². The van der Waals surface area contributed by atoms with Gasteiger partial charge in [-0.3, -0.25) is 9.69 Å². The summed E-state index contributed by atoms with van der Waals surface area (Å²) < 4.78 is 25.0. The minimum absolute atomic E-state index is 0.106. The Morgan fingerprint density at radius 3 is 2.50 bits per heavy atom. The van der Waals surface area contributed by atoms with Crippen LogP contribution in [0, 0.1) is 5.92 Å². The van der Waals surface area contributed by atoms with E-state index in [0.29, 0.717) is 25.4 Å². The van der Waals surface area contributed by atoms with Crippen molar-refractivity contribution in [3.63, 3.8) is 0 Å². The second-order valence-corrected chi connectivity index (χ2v) is 5.47. The molecule has 1 atom stereocenters. The van der Waals surface area contributed by atoms with Crippen LogP contribution in [0.5, 0.6) is 0 Å². The lowest BCUT2D eigenvalue weighted by Gasteiger charge is -2.39. The molecule has 2 aliphatic rings. The molecule has 3 nitrogen and oxygen atoms in total. The standard InChI is InChI=1S/C13H22F2N2O/c14-13(15)11-6-7-17(11)9-12(18)16-8-10-4-2-1-3-5-10/h10-11,13H,1-9H2,(H,16,18). The molecule has 0 radical (unpaired) electrons. The number of halogens is 2. The van der Waals surface area contributed by atoms with Crippen molar-refractivity contribution in [3.05, 3.63) is 0 Å². The lowest BCUT2D eigenvalue weighted by molar-refractivity contribution is -0.126. The van der Waals surface area contributed by atoms with Crippen LogP contribution in [0.4, 0.5) is 8.78 Å². The molecule has 1 aliphatic carbocycles. The molecule has 1 N–H and O–H groups in total. The molecule has 18 heavy (non-hydrogen) atoms. The second kappa shape index (κ2) is 6.45. The topological polar surface area (TPSA) is 32.3 Å². The molecule has 0 spiro atoms. The summed E-state index contributed by atoms with van der Waals surface area (Å²) in [4.78, 5) is 13.2. The van der Waals surface area contributed by atoms with Gasteiger partial charge in [0.05, 0.1) is 12.6 Å². The molecular weight excluding hydrogens is 238 g/mol. The van der Waals surface area contributed by atoms with Crippen LogP contribution >= 0.6 is 0 Å². The van der Waals surface area contributed by atoms with Gasteiger partial charge in [-0.15, -0.1) is 0 Å². The first kappa shape index (κ1) is 13.7.